The fourth-order valence-corrected chi connectivity index (χ4v) is 4.18. The molecule has 6 heteroatoms. The molecule has 0 bridgehead atoms. The minimum atomic E-state index is 0.229. The first-order chi connectivity index (χ1) is 10.8. The van der Waals surface area contributed by atoms with Gasteiger partial charge in [0.25, 0.3) is 0 Å². The van der Waals surface area contributed by atoms with Gasteiger partial charge in [-0.2, -0.15) is 0 Å². The van der Waals surface area contributed by atoms with Crippen LogP contribution < -0.4 is 10.1 Å². The van der Waals surface area contributed by atoms with Gasteiger partial charge in [0.1, 0.15) is 5.75 Å². The van der Waals surface area contributed by atoms with E-state index in [2.05, 4.69) is 52.1 Å². The highest BCUT2D eigenvalue weighted by Crippen LogP contribution is 2.37. The number of fused-ring (bicyclic) bond motifs is 1. The zero-order valence-electron chi connectivity index (χ0n) is 12.1. The van der Waals surface area contributed by atoms with Crippen LogP contribution in [0.15, 0.2) is 35.7 Å². The number of benzene rings is 1. The lowest BCUT2D eigenvalue weighted by Crippen LogP contribution is -2.20. The van der Waals surface area contributed by atoms with Crippen LogP contribution in [-0.4, -0.2) is 16.8 Å². The molecule has 1 unspecified atom stereocenters. The van der Waals surface area contributed by atoms with Gasteiger partial charge in [0.05, 0.1) is 17.5 Å². The Morgan fingerprint density at radius 1 is 1.27 bits per heavy atom. The maximum absolute atomic E-state index is 5.74. The Balaban J connectivity index is 1.59. The molecule has 1 atom stereocenters. The zero-order chi connectivity index (χ0) is 14.9. The summed E-state index contributed by atoms with van der Waals surface area (Å²) in [5.41, 5.74) is 2.45. The molecular weight excluding hydrogens is 314 g/mol. The van der Waals surface area contributed by atoms with Crippen LogP contribution in [0, 0.1) is 6.92 Å². The molecule has 0 aliphatic carbocycles. The van der Waals surface area contributed by atoms with Crippen LogP contribution in [0.5, 0.6) is 5.75 Å². The van der Waals surface area contributed by atoms with Crippen LogP contribution in [0.4, 0.5) is 5.13 Å². The highest BCUT2D eigenvalue weighted by molar-refractivity contribution is 7.22. The van der Waals surface area contributed by atoms with Crippen molar-refractivity contribution in [3.05, 3.63) is 46.8 Å². The number of hydrogen-bond donors (Lipinski definition) is 1. The van der Waals surface area contributed by atoms with Gasteiger partial charge >= 0.3 is 0 Å². The van der Waals surface area contributed by atoms with Crippen LogP contribution in [0.3, 0.4) is 0 Å². The number of ether oxygens (including phenoxy) is 1. The van der Waals surface area contributed by atoms with E-state index in [1.807, 2.05) is 6.07 Å². The molecule has 3 heterocycles. The summed E-state index contributed by atoms with van der Waals surface area (Å²) in [5, 5.41) is 16.0. The minimum absolute atomic E-state index is 0.229. The Morgan fingerprint density at radius 3 is 3.09 bits per heavy atom. The largest absolute Gasteiger partial charge is 0.493 e. The van der Waals surface area contributed by atoms with Gasteiger partial charge < -0.3 is 10.1 Å². The Morgan fingerprint density at radius 2 is 2.23 bits per heavy atom. The van der Waals surface area contributed by atoms with E-state index in [-0.39, 0.29) is 6.04 Å². The third-order valence-electron chi connectivity index (χ3n) is 3.66. The van der Waals surface area contributed by atoms with E-state index in [0.29, 0.717) is 0 Å². The van der Waals surface area contributed by atoms with Crippen molar-refractivity contribution < 1.29 is 4.74 Å². The summed E-state index contributed by atoms with van der Waals surface area (Å²) >= 11 is 3.29. The SMILES string of the molecule is Cc1ccc2c(c1)C(Nc1nnc(-c3cccs3)s1)CCO2. The third kappa shape index (κ3) is 2.60. The number of thiophene rings is 1. The molecular formula is C16H15N3OS2. The molecule has 0 fully saturated rings. The van der Waals surface area contributed by atoms with Gasteiger partial charge in [-0.1, -0.05) is 35.1 Å². The lowest BCUT2D eigenvalue weighted by atomic mass is 9.99. The standard InChI is InChI=1S/C16H15N3OS2/c1-10-4-5-13-11(9-10)12(6-7-20-13)17-16-19-18-15(22-16)14-3-2-8-21-14/h2-5,8-9,12H,6-7H2,1H3,(H,17,19). The van der Waals surface area contributed by atoms with Crippen LogP contribution in [0.25, 0.3) is 9.88 Å². The van der Waals surface area contributed by atoms with Crippen LogP contribution in [0.2, 0.25) is 0 Å². The van der Waals surface area contributed by atoms with Gasteiger partial charge in [0.2, 0.25) is 5.13 Å². The topological polar surface area (TPSA) is 47.0 Å². The van der Waals surface area contributed by atoms with Gasteiger partial charge in [-0.25, -0.2) is 0 Å². The van der Waals surface area contributed by atoms with Crippen molar-refractivity contribution >= 4 is 27.8 Å². The van der Waals surface area contributed by atoms with Crippen molar-refractivity contribution in [3.63, 3.8) is 0 Å². The zero-order valence-corrected chi connectivity index (χ0v) is 13.7. The maximum Gasteiger partial charge on any atom is 0.206 e. The molecule has 0 amide bonds. The quantitative estimate of drug-likeness (QED) is 0.768. The van der Waals surface area contributed by atoms with E-state index < -0.39 is 0 Å². The smallest absolute Gasteiger partial charge is 0.206 e. The van der Waals surface area contributed by atoms with Crippen LogP contribution in [0.1, 0.15) is 23.6 Å². The fourth-order valence-electron chi connectivity index (χ4n) is 2.59. The first-order valence-electron chi connectivity index (χ1n) is 7.17. The number of hydrogen-bond acceptors (Lipinski definition) is 6. The normalized spacial score (nSPS) is 16.9. The fraction of sp³-hybridized carbons (Fsp3) is 0.250. The molecule has 0 saturated heterocycles. The predicted octanol–water partition coefficient (Wildman–Crippen LogP) is 4.51. The van der Waals surface area contributed by atoms with Gasteiger partial charge in [-0.15, -0.1) is 21.5 Å². The summed E-state index contributed by atoms with van der Waals surface area (Å²) in [6.45, 7) is 2.83. The summed E-state index contributed by atoms with van der Waals surface area (Å²) in [6, 6.07) is 10.7. The Labute approximate surface area is 136 Å². The van der Waals surface area contributed by atoms with Crippen molar-refractivity contribution in [2.45, 2.75) is 19.4 Å². The van der Waals surface area contributed by atoms with Gasteiger partial charge in [-0.3, -0.25) is 0 Å². The molecule has 1 aromatic carbocycles. The van der Waals surface area contributed by atoms with Crippen molar-refractivity contribution in [3.8, 4) is 15.6 Å². The number of aromatic nitrogens is 2. The number of anilines is 1. The first-order valence-corrected chi connectivity index (χ1v) is 8.86. The summed E-state index contributed by atoms with van der Waals surface area (Å²) in [6.07, 6.45) is 0.935. The highest BCUT2D eigenvalue weighted by atomic mass is 32.1. The molecule has 22 heavy (non-hydrogen) atoms. The van der Waals surface area contributed by atoms with Crippen LogP contribution in [-0.2, 0) is 0 Å². The molecule has 4 rings (SSSR count). The van der Waals surface area contributed by atoms with E-state index in [1.54, 1.807) is 22.7 Å². The van der Waals surface area contributed by atoms with Gasteiger partial charge in [0, 0.05) is 12.0 Å². The minimum Gasteiger partial charge on any atom is -0.493 e. The second-order valence-corrected chi connectivity index (χ2v) is 7.19. The molecule has 0 saturated carbocycles. The number of rotatable bonds is 3. The summed E-state index contributed by atoms with van der Waals surface area (Å²) in [5.74, 6) is 0.970. The van der Waals surface area contributed by atoms with Gasteiger partial charge in [-0.05, 0) is 24.4 Å². The van der Waals surface area contributed by atoms with Crippen molar-refractivity contribution in [1.29, 1.82) is 0 Å². The predicted molar refractivity (Wildman–Crippen MR) is 90.9 cm³/mol. The van der Waals surface area contributed by atoms with E-state index in [0.717, 1.165) is 33.8 Å². The average molecular weight is 329 g/mol. The first kappa shape index (κ1) is 13.7. The van der Waals surface area contributed by atoms with Gasteiger partial charge in [0.15, 0.2) is 5.01 Å². The molecule has 112 valence electrons. The third-order valence-corrected chi connectivity index (χ3v) is 5.55. The molecule has 0 radical (unpaired) electrons. The van der Waals surface area contributed by atoms with Crippen molar-refractivity contribution in [2.75, 3.05) is 11.9 Å². The van der Waals surface area contributed by atoms with Crippen molar-refractivity contribution in [1.82, 2.24) is 10.2 Å². The second-order valence-electron chi connectivity index (χ2n) is 5.27. The van der Waals surface area contributed by atoms with Crippen molar-refractivity contribution in [2.24, 2.45) is 0 Å². The lowest BCUT2D eigenvalue weighted by molar-refractivity contribution is 0.274. The summed E-state index contributed by atoms with van der Waals surface area (Å²) < 4.78 is 5.74. The highest BCUT2D eigenvalue weighted by Gasteiger charge is 2.22. The summed E-state index contributed by atoms with van der Waals surface area (Å²) in [4.78, 5) is 1.16. The van der Waals surface area contributed by atoms with E-state index >= 15 is 0 Å². The Kier molecular flexibility index (Phi) is 3.56. The molecule has 1 aliphatic heterocycles. The summed E-state index contributed by atoms with van der Waals surface area (Å²) in [7, 11) is 0. The molecule has 1 aliphatic rings. The monoisotopic (exact) mass is 329 g/mol. The van der Waals surface area contributed by atoms with E-state index in [4.69, 9.17) is 4.74 Å². The molecule has 0 spiro atoms. The van der Waals surface area contributed by atoms with E-state index in [9.17, 15) is 0 Å². The molecule has 4 nitrogen and oxygen atoms in total. The average Bonchev–Trinajstić information content (AvgIpc) is 3.18. The number of nitrogens with zero attached hydrogens (tertiary/aromatic N) is 2. The molecule has 2 aromatic heterocycles. The molecule has 1 N–H and O–H groups in total. The second kappa shape index (κ2) is 5.70. The number of nitrogens with one attached hydrogen (secondary N) is 1. The van der Waals surface area contributed by atoms with E-state index in [1.165, 1.54) is 11.1 Å². The Bertz CT molecular complexity index is 783. The maximum atomic E-state index is 5.74. The molecule has 3 aromatic rings. The van der Waals surface area contributed by atoms with Crippen LogP contribution >= 0.6 is 22.7 Å². The number of aryl methyl sites for hydroxylation is 1. The lowest BCUT2D eigenvalue weighted by Gasteiger charge is -2.26. The Hall–Kier alpha value is -1.92.